The molecule has 0 aliphatic heterocycles. The van der Waals surface area contributed by atoms with Crippen LogP contribution in [0.15, 0.2) is 38.4 Å². The second-order valence-electron chi connectivity index (χ2n) is 5.75. The fourth-order valence-corrected chi connectivity index (χ4v) is 4.34. The number of carbonyl (C=O) groups is 1. The van der Waals surface area contributed by atoms with Crippen molar-refractivity contribution in [2.75, 3.05) is 34.2 Å². The predicted octanol–water partition coefficient (Wildman–Crippen LogP) is 3.90. The highest BCUT2D eigenvalue weighted by Gasteiger charge is 2.11. The summed E-state index contributed by atoms with van der Waals surface area (Å²) in [5.41, 5.74) is 0. The molecule has 0 fully saturated rings. The number of nitrogens with one attached hydrogen (secondary N) is 1. The second kappa shape index (κ2) is 11.9. The summed E-state index contributed by atoms with van der Waals surface area (Å²) in [5.74, 6) is 0.737. The van der Waals surface area contributed by atoms with Gasteiger partial charge in [-0.1, -0.05) is 6.07 Å². The predicted molar refractivity (Wildman–Crippen MR) is 126 cm³/mol. The van der Waals surface area contributed by atoms with E-state index in [9.17, 15) is 4.79 Å². The smallest absolute Gasteiger partial charge is 0.243 e. The number of guanidine groups is 1. The first-order chi connectivity index (χ1) is 12.0. The molecular formula is C17H24BrIN4OS2. The van der Waals surface area contributed by atoms with Crippen molar-refractivity contribution in [3.8, 4) is 0 Å². The molecule has 0 atom stereocenters. The van der Waals surface area contributed by atoms with Gasteiger partial charge in [0, 0.05) is 37.4 Å². The van der Waals surface area contributed by atoms with Crippen LogP contribution in [0.25, 0.3) is 0 Å². The molecule has 2 aromatic rings. The standard InChI is InChI=1S/C17H23BrN4OS2.HI/c1-21(2)16(23)11-20-17(19-9-8-13-5-4-10-24-13)22(3)12-14-6-7-15(18)25-14;/h4-7,10H,8-9,11-12H2,1-3H3,(H,19,20);1H. The number of halogens is 2. The molecule has 2 aromatic heterocycles. The number of likely N-dealkylation sites (N-methyl/N-ethyl adjacent to an activating group) is 1. The van der Waals surface area contributed by atoms with Crippen molar-refractivity contribution in [3.63, 3.8) is 0 Å². The Balaban J connectivity index is 0.00000338. The third-order valence-corrected chi connectivity index (χ3v) is 6.03. The van der Waals surface area contributed by atoms with Crippen LogP contribution >= 0.6 is 62.6 Å². The van der Waals surface area contributed by atoms with Gasteiger partial charge in [-0.3, -0.25) is 4.79 Å². The van der Waals surface area contributed by atoms with E-state index in [1.54, 1.807) is 41.7 Å². The maximum absolute atomic E-state index is 11.9. The largest absolute Gasteiger partial charge is 0.356 e. The van der Waals surface area contributed by atoms with E-state index in [0.29, 0.717) is 0 Å². The summed E-state index contributed by atoms with van der Waals surface area (Å²) in [5, 5.41) is 5.47. The van der Waals surface area contributed by atoms with Crippen molar-refractivity contribution in [1.82, 2.24) is 15.1 Å². The second-order valence-corrected chi connectivity index (χ2v) is 9.33. The summed E-state index contributed by atoms with van der Waals surface area (Å²) in [6, 6.07) is 8.33. The van der Waals surface area contributed by atoms with Crippen molar-refractivity contribution >= 4 is 74.4 Å². The van der Waals surface area contributed by atoms with E-state index in [1.807, 2.05) is 13.1 Å². The van der Waals surface area contributed by atoms with Gasteiger partial charge in [-0.15, -0.1) is 46.7 Å². The summed E-state index contributed by atoms with van der Waals surface area (Å²) >= 11 is 6.95. The van der Waals surface area contributed by atoms with Crippen molar-refractivity contribution in [2.45, 2.75) is 13.0 Å². The van der Waals surface area contributed by atoms with E-state index in [0.717, 1.165) is 29.3 Å². The van der Waals surface area contributed by atoms with E-state index in [2.05, 4.69) is 54.7 Å². The van der Waals surface area contributed by atoms with Crippen LogP contribution in [0.2, 0.25) is 0 Å². The molecule has 0 saturated heterocycles. The number of hydrogen-bond acceptors (Lipinski definition) is 4. The molecule has 0 unspecified atom stereocenters. The minimum atomic E-state index is -0.00942. The lowest BCUT2D eigenvalue weighted by Crippen LogP contribution is -2.40. The maximum Gasteiger partial charge on any atom is 0.243 e. The zero-order valence-corrected chi connectivity index (χ0v) is 20.6. The number of nitrogens with zero attached hydrogens (tertiary/aromatic N) is 3. The van der Waals surface area contributed by atoms with E-state index in [4.69, 9.17) is 0 Å². The number of hydrogen-bond donors (Lipinski definition) is 1. The molecule has 1 N–H and O–H groups in total. The summed E-state index contributed by atoms with van der Waals surface area (Å²) < 4.78 is 1.11. The zero-order chi connectivity index (χ0) is 18.2. The number of amides is 1. The highest BCUT2D eigenvalue weighted by Crippen LogP contribution is 2.23. The summed E-state index contributed by atoms with van der Waals surface area (Å²) in [6.07, 6.45) is 0.941. The van der Waals surface area contributed by atoms with Gasteiger partial charge in [0.2, 0.25) is 5.91 Å². The van der Waals surface area contributed by atoms with Crippen LogP contribution in [0.5, 0.6) is 0 Å². The summed E-state index contributed by atoms with van der Waals surface area (Å²) in [7, 11) is 5.48. The molecule has 5 nitrogen and oxygen atoms in total. The maximum atomic E-state index is 11.9. The van der Waals surface area contributed by atoms with Gasteiger partial charge >= 0.3 is 0 Å². The Morgan fingerprint density at radius 3 is 2.58 bits per heavy atom. The highest BCUT2D eigenvalue weighted by atomic mass is 127. The third-order valence-electron chi connectivity index (χ3n) is 3.48. The van der Waals surface area contributed by atoms with Gasteiger partial charge in [0.05, 0.1) is 10.3 Å². The molecule has 0 aliphatic carbocycles. The van der Waals surface area contributed by atoms with Crippen LogP contribution in [0.1, 0.15) is 9.75 Å². The lowest BCUT2D eigenvalue weighted by Gasteiger charge is -2.22. The molecule has 9 heteroatoms. The monoisotopic (exact) mass is 570 g/mol. The minimum Gasteiger partial charge on any atom is -0.356 e. The van der Waals surface area contributed by atoms with E-state index in [1.165, 1.54) is 9.75 Å². The Hall–Kier alpha value is -0.650. The molecule has 2 heterocycles. The van der Waals surface area contributed by atoms with E-state index in [-0.39, 0.29) is 36.4 Å². The van der Waals surface area contributed by atoms with E-state index < -0.39 is 0 Å². The van der Waals surface area contributed by atoms with Gasteiger partial charge in [-0.05, 0) is 45.9 Å². The SMILES string of the molecule is CN(C)C(=O)CN=C(NCCc1cccs1)N(C)Cc1ccc(Br)s1.I. The quantitative estimate of drug-likeness (QED) is 0.312. The van der Waals surface area contributed by atoms with Gasteiger partial charge in [-0.2, -0.15) is 0 Å². The minimum absolute atomic E-state index is 0. The molecule has 26 heavy (non-hydrogen) atoms. The topological polar surface area (TPSA) is 47.9 Å². The average Bonchev–Trinajstić information content (AvgIpc) is 3.21. The zero-order valence-electron chi connectivity index (χ0n) is 15.1. The fraction of sp³-hybridized carbons (Fsp3) is 0.412. The summed E-state index contributed by atoms with van der Waals surface area (Å²) in [4.78, 5) is 22.5. The Labute approximate surface area is 188 Å². The van der Waals surface area contributed by atoms with Crippen molar-refractivity contribution in [1.29, 1.82) is 0 Å². The third kappa shape index (κ3) is 7.93. The van der Waals surface area contributed by atoms with Gasteiger partial charge < -0.3 is 15.1 Å². The van der Waals surface area contributed by atoms with Crippen LogP contribution < -0.4 is 5.32 Å². The summed E-state index contributed by atoms with van der Waals surface area (Å²) in [6.45, 7) is 1.68. The molecular weight excluding hydrogens is 547 g/mol. The number of aliphatic imine (C=N–C) groups is 1. The van der Waals surface area contributed by atoms with Crippen molar-refractivity contribution in [3.05, 3.63) is 43.2 Å². The first-order valence-electron chi connectivity index (χ1n) is 7.92. The number of thiophene rings is 2. The van der Waals surface area contributed by atoms with Gasteiger partial charge in [0.15, 0.2) is 5.96 Å². The van der Waals surface area contributed by atoms with Crippen molar-refractivity contribution in [2.24, 2.45) is 4.99 Å². The Bertz CT molecular complexity index is 703. The molecule has 0 bridgehead atoms. The van der Waals surface area contributed by atoms with Crippen LogP contribution in [0.4, 0.5) is 0 Å². The van der Waals surface area contributed by atoms with Crippen LogP contribution in [-0.2, 0) is 17.8 Å². The van der Waals surface area contributed by atoms with Gasteiger partial charge in [0.1, 0.15) is 6.54 Å². The fourth-order valence-electron chi connectivity index (χ4n) is 2.09. The molecule has 0 saturated carbocycles. The number of carbonyl (C=O) groups excluding carboxylic acids is 1. The van der Waals surface area contributed by atoms with Gasteiger partial charge in [0.25, 0.3) is 0 Å². The Morgan fingerprint density at radius 2 is 2.00 bits per heavy atom. The lowest BCUT2D eigenvalue weighted by atomic mass is 10.3. The molecule has 144 valence electrons. The number of rotatable bonds is 7. The van der Waals surface area contributed by atoms with Crippen LogP contribution in [0.3, 0.4) is 0 Å². The molecule has 2 rings (SSSR count). The Kier molecular flexibility index (Phi) is 10.7. The first-order valence-corrected chi connectivity index (χ1v) is 10.4. The van der Waals surface area contributed by atoms with Crippen LogP contribution in [0, 0.1) is 0 Å². The molecule has 0 spiro atoms. The Morgan fingerprint density at radius 1 is 1.23 bits per heavy atom. The van der Waals surface area contributed by atoms with Crippen LogP contribution in [-0.4, -0.2) is 55.9 Å². The highest BCUT2D eigenvalue weighted by molar-refractivity contribution is 14.0. The molecule has 0 radical (unpaired) electrons. The van der Waals surface area contributed by atoms with Crippen molar-refractivity contribution < 1.29 is 4.79 Å². The average molecular weight is 571 g/mol. The van der Waals surface area contributed by atoms with Gasteiger partial charge in [-0.25, -0.2) is 4.99 Å². The first kappa shape index (κ1) is 23.4. The molecule has 0 aromatic carbocycles. The molecule has 1 amide bonds. The molecule has 0 aliphatic rings. The van der Waals surface area contributed by atoms with E-state index >= 15 is 0 Å². The normalized spacial score (nSPS) is 11.0. The lowest BCUT2D eigenvalue weighted by molar-refractivity contribution is -0.127.